The van der Waals surface area contributed by atoms with Gasteiger partial charge in [0.15, 0.2) is 4.90 Å². The number of rotatable bonds is 4. The van der Waals surface area contributed by atoms with Crippen LogP contribution in [-0.2, 0) is 10.0 Å². The summed E-state index contributed by atoms with van der Waals surface area (Å²) >= 11 is 0. The topological polar surface area (TPSA) is 63.4 Å². The van der Waals surface area contributed by atoms with Crippen molar-refractivity contribution in [2.24, 2.45) is 0 Å². The number of nitrogens with two attached hydrogens (primary N) is 1. The second-order valence-electron chi connectivity index (χ2n) is 3.49. The van der Waals surface area contributed by atoms with E-state index in [1.165, 1.54) is 0 Å². The maximum absolute atomic E-state index is 13.4. The van der Waals surface area contributed by atoms with Gasteiger partial charge in [0.1, 0.15) is 11.6 Å². The molecule has 2 N–H and O–H groups in total. The summed E-state index contributed by atoms with van der Waals surface area (Å²) in [4.78, 5) is -1.29. The van der Waals surface area contributed by atoms with Crippen LogP contribution in [0, 0.1) is 11.6 Å². The number of nitrogens with zero attached hydrogens (tertiary/aromatic N) is 1. The molecule has 0 aliphatic carbocycles. The summed E-state index contributed by atoms with van der Waals surface area (Å²) in [6.07, 6.45) is -2.95. The smallest absolute Gasteiger partial charge is 0.252 e. The van der Waals surface area contributed by atoms with E-state index in [1.54, 1.807) is 0 Å². The first-order valence-corrected chi connectivity index (χ1v) is 6.09. The van der Waals surface area contributed by atoms with Gasteiger partial charge in [-0.15, -0.1) is 0 Å². The van der Waals surface area contributed by atoms with Gasteiger partial charge in [0.2, 0.25) is 10.0 Å². The molecule has 1 aromatic rings. The maximum Gasteiger partial charge on any atom is 0.252 e. The summed E-state index contributed by atoms with van der Waals surface area (Å²) < 4.78 is 74.5. The van der Waals surface area contributed by atoms with E-state index in [0.717, 1.165) is 7.05 Å². The zero-order valence-corrected chi connectivity index (χ0v) is 10.0. The van der Waals surface area contributed by atoms with Crippen molar-refractivity contribution in [2.75, 3.05) is 19.3 Å². The first-order valence-electron chi connectivity index (χ1n) is 4.65. The van der Waals surface area contributed by atoms with Gasteiger partial charge in [0.25, 0.3) is 6.43 Å². The molecule has 0 unspecified atom stereocenters. The lowest BCUT2D eigenvalue weighted by molar-refractivity contribution is 0.126. The molecule has 0 bridgehead atoms. The van der Waals surface area contributed by atoms with E-state index < -0.39 is 39.5 Å². The highest BCUT2D eigenvalue weighted by molar-refractivity contribution is 7.89. The lowest BCUT2D eigenvalue weighted by Gasteiger charge is -2.17. The van der Waals surface area contributed by atoms with Crippen molar-refractivity contribution in [1.82, 2.24) is 4.31 Å². The first kappa shape index (κ1) is 14.7. The number of hydrogen-bond donors (Lipinski definition) is 1. The summed E-state index contributed by atoms with van der Waals surface area (Å²) in [6, 6.07) is 1.21. The molecule has 0 aliphatic rings. The quantitative estimate of drug-likeness (QED) is 0.673. The Kier molecular flexibility index (Phi) is 4.17. The summed E-state index contributed by atoms with van der Waals surface area (Å²) in [6.45, 7) is -1.16. The molecule has 0 atom stereocenters. The van der Waals surface area contributed by atoms with Gasteiger partial charge in [-0.3, -0.25) is 0 Å². The Morgan fingerprint density at radius 3 is 2.11 bits per heavy atom. The van der Waals surface area contributed by atoms with E-state index in [-0.39, 0.29) is 9.99 Å². The van der Waals surface area contributed by atoms with Crippen molar-refractivity contribution in [3.05, 3.63) is 23.8 Å². The van der Waals surface area contributed by atoms with Gasteiger partial charge in [0, 0.05) is 12.7 Å². The van der Waals surface area contributed by atoms with Crippen LogP contribution < -0.4 is 5.73 Å². The lowest BCUT2D eigenvalue weighted by atomic mass is 10.3. The Morgan fingerprint density at radius 2 is 1.72 bits per heavy atom. The van der Waals surface area contributed by atoms with Gasteiger partial charge in [-0.1, -0.05) is 0 Å². The highest BCUT2D eigenvalue weighted by Gasteiger charge is 2.30. The largest absolute Gasteiger partial charge is 0.399 e. The van der Waals surface area contributed by atoms with E-state index >= 15 is 0 Å². The number of benzene rings is 1. The molecule has 0 fully saturated rings. The summed E-state index contributed by atoms with van der Waals surface area (Å²) in [7, 11) is -3.86. The second kappa shape index (κ2) is 5.11. The van der Waals surface area contributed by atoms with Crippen LogP contribution in [0.25, 0.3) is 0 Å². The molecule has 0 saturated heterocycles. The minimum Gasteiger partial charge on any atom is -0.399 e. The van der Waals surface area contributed by atoms with Gasteiger partial charge in [-0.2, -0.15) is 4.31 Å². The third-order valence-electron chi connectivity index (χ3n) is 2.08. The molecule has 1 aromatic carbocycles. The molecule has 0 spiro atoms. The van der Waals surface area contributed by atoms with Gasteiger partial charge < -0.3 is 5.73 Å². The van der Waals surface area contributed by atoms with E-state index in [2.05, 4.69) is 0 Å². The first-order chi connectivity index (χ1) is 8.16. The molecule has 0 amide bonds. The Bertz CT molecular complexity index is 524. The molecule has 4 nitrogen and oxygen atoms in total. The number of nitrogen functional groups attached to an aromatic ring is 1. The third kappa shape index (κ3) is 2.91. The zero-order chi connectivity index (χ0) is 14.1. The van der Waals surface area contributed by atoms with E-state index in [1.807, 2.05) is 0 Å². The third-order valence-corrected chi connectivity index (χ3v) is 3.96. The van der Waals surface area contributed by atoms with Crippen molar-refractivity contribution in [1.29, 1.82) is 0 Å². The number of halogens is 4. The van der Waals surface area contributed by atoms with E-state index in [4.69, 9.17) is 5.73 Å². The Balaban J connectivity index is 3.29. The van der Waals surface area contributed by atoms with Crippen LogP contribution in [-0.4, -0.2) is 32.7 Å². The molecule has 0 heterocycles. The highest BCUT2D eigenvalue weighted by atomic mass is 32.2. The zero-order valence-electron chi connectivity index (χ0n) is 9.20. The number of hydrogen-bond acceptors (Lipinski definition) is 3. The van der Waals surface area contributed by atoms with Crippen molar-refractivity contribution in [2.45, 2.75) is 11.3 Å². The van der Waals surface area contributed by atoms with Crippen LogP contribution in [0.5, 0.6) is 0 Å². The van der Waals surface area contributed by atoms with Gasteiger partial charge >= 0.3 is 0 Å². The Labute approximate surface area is 101 Å². The second-order valence-corrected chi connectivity index (χ2v) is 5.47. The van der Waals surface area contributed by atoms with Crippen molar-refractivity contribution in [3.8, 4) is 0 Å². The lowest BCUT2D eigenvalue weighted by Crippen LogP contribution is -2.32. The Hall–Kier alpha value is -1.35. The fraction of sp³-hybridized carbons (Fsp3) is 0.333. The molecule has 0 aliphatic heterocycles. The molecular formula is C9H10F4N2O2S. The SMILES string of the molecule is CN(CC(F)F)S(=O)(=O)c1c(F)cc(N)cc1F. The number of alkyl halides is 2. The van der Waals surface area contributed by atoms with E-state index in [9.17, 15) is 26.0 Å². The normalized spacial score (nSPS) is 12.4. The van der Waals surface area contributed by atoms with Crippen molar-refractivity contribution in [3.63, 3.8) is 0 Å². The van der Waals surface area contributed by atoms with Gasteiger partial charge in [-0.25, -0.2) is 26.0 Å². The molecule has 102 valence electrons. The fourth-order valence-electron chi connectivity index (χ4n) is 1.27. The van der Waals surface area contributed by atoms with Crippen LogP contribution in [0.1, 0.15) is 0 Å². The van der Waals surface area contributed by atoms with Crippen LogP contribution in [0.15, 0.2) is 17.0 Å². The van der Waals surface area contributed by atoms with Crippen molar-refractivity contribution >= 4 is 15.7 Å². The number of sulfonamides is 1. The molecule has 0 aromatic heterocycles. The molecular weight excluding hydrogens is 276 g/mol. The molecule has 0 saturated carbocycles. The number of anilines is 1. The monoisotopic (exact) mass is 286 g/mol. The van der Waals surface area contributed by atoms with Crippen LogP contribution in [0.4, 0.5) is 23.2 Å². The van der Waals surface area contributed by atoms with Crippen LogP contribution in [0.3, 0.4) is 0 Å². The minimum absolute atomic E-state index is 0.176. The molecule has 1 rings (SSSR count). The average Bonchev–Trinajstić information content (AvgIpc) is 2.13. The summed E-state index contributed by atoms with van der Waals surface area (Å²) in [5.74, 6) is -2.85. The van der Waals surface area contributed by atoms with Crippen molar-refractivity contribution < 1.29 is 26.0 Å². The molecule has 0 radical (unpaired) electrons. The van der Waals surface area contributed by atoms with Crippen LogP contribution >= 0.6 is 0 Å². The predicted octanol–water partition coefficient (Wildman–Crippen LogP) is 1.43. The average molecular weight is 286 g/mol. The highest BCUT2D eigenvalue weighted by Crippen LogP contribution is 2.24. The minimum atomic E-state index is -4.66. The van der Waals surface area contributed by atoms with E-state index in [0.29, 0.717) is 12.1 Å². The van der Waals surface area contributed by atoms with Crippen LogP contribution in [0.2, 0.25) is 0 Å². The fourth-order valence-corrected chi connectivity index (χ4v) is 2.51. The standard InChI is InChI=1S/C9H10F4N2O2S/c1-15(4-8(12)13)18(16,17)9-6(10)2-5(14)3-7(9)11/h2-3,8H,4,14H2,1H3. The predicted molar refractivity (Wildman–Crippen MR) is 56.6 cm³/mol. The molecule has 18 heavy (non-hydrogen) atoms. The summed E-state index contributed by atoms with van der Waals surface area (Å²) in [5, 5.41) is 0. The van der Waals surface area contributed by atoms with Gasteiger partial charge in [0.05, 0.1) is 6.54 Å². The summed E-state index contributed by atoms with van der Waals surface area (Å²) in [5.41, 5.74) is 4.81. The maximum atomic E-state index is 13.4. The Morgan fingerprint density at radius 1 is 1.28 bits per heavy atom. The molecule has 9 heteroatoms. The van der Waals surface area contributed by atoms with Gasteiger partial charge in [-0.05, 0) is 12.1 Å².